The molecule has 2 fully saturated rings. The van der Waals surface area contributed by atoms with Crippen LogP contribution in [-0.2, 0) is 4.79 Å². The molecule has 2 aliphatic carbocycles. The summed E-state index contributed by atoms with van der Waals surface area (Å²) in [7, 11) is 0. The Kier molecular flexibility index (Phi) is 1.29. The molecule has 62 valence electrons. The summed E-state index contributed by atoms with van der Waals surface area (Å²) in [6.45, 7) is 1.89. The van der Waals surface area contributed by atoms with Gasteiger partial charge in [-0.25, -0.2) is 0 Å². The van der Waals surface area contributed by atoms with Gasteiger partial charge < -0.3 is 5.11 Å². The summed E-state index contributed by atoms with van der Waals surface area (Å²) >= 11 is 0. The molecule has 2 atom stereocenters. The van der Waals surface area contributed by atoms with Gasteiger partial charge in [-0.2, -0.15) is 0 Å². The number of rotatable bonds is 2. The van der Waals surface area contributed by atoms with E-state index in [-0.39, 0.29) is 5.41 Å². The average molecular weight is 154 g/mol. The van der Waals surface area contributed by atoms with Crippen molar-refractivity contribution in [1.82, 2.24) is 0 Å². The molecule has 2 heteroatoms. The van der Waals surface area contributed by atoms with Gasteiger partial charge in [-0.1, -0.05) is 19.3 Å². The summed E-state index contributed by atoms with van der Waals surface area (Å²) in [6, 6.07) is 0. The Morgan fingerprint density at radius 2 is 2.18 bits per heavy atom. The first-order valence-electron chi connectivity index (χ1n) is 4.38. The molecule has 0 aliphatic heterocycles. The molecule has 11 heavy (non-hydrogen) atoms. The molecule has 2 rings (SSSR count). The second-order valence-electron chi connectivity index (χ2n) is 4.22. The zero-order valence-corrected chi connectivity index (χ0v) is 6.84. The molecule has 2 saturated carbocycles. The molecule has 0 heterocycles. The topological polar surface area (TPSA) is 37.3 Å². The van der Waals surface area contributed by atoms with E-state index in [1.807, 2.05) is 6.92 Å². The molecule has 0 amide bonds. The minimum Gasteiger partial charge on any atom is -0.481 e. The lowest BCUT2D eigenvalue weighted by Gasteiger charge is -2.26. The maximum absolute atomic E-state index is 10.7. The molecule has 2 aliphatic rings. The summed E-state index contributed by atoms with van der Waals surface area (Å²) in [4.78, 5) is 10.7. The third-order valence-electron chi connectivity index (χ3n) is 3.51. The molecular weight excluding hydrogens is 140 g/mol. The number of carbonyl (C=O) groups is 1. The molecule has 0 spiro atoms. The highest BCUT2D eigenvalue weighted by atomic mass is 16.4. The third-order valence-corrected chi connectivity index (χ3v) is 3.51. The monoisotopic (exact) mass is 154 g/mol. The first kappa shape index (κ1) is 7.14. The predicted octanol–water partition coefficient (Wildman–Crippen LogP) is 1.90. The minimum atomic E-state index is -0.589. The van der Waals surface area contributed by atoms with Gasteiger partial charge in [0, 0.05) is 0 Å². The van der Waals surface area contributed by atoms with E-state index < -0.39 is 5.97 Å². The van der Waals surface area contributed by atoms with Gasteiger partial charge in [-0.15, -0.1) is 0 Å². The fraction of sp³-hybridized carbons (Fsp3) is 0.889. The van der Waals surface area contributed by atoms with Gasteiger partial charge in [0.05, 0.1) is 5.41 Å². The average Bonchev–Trinajstić information content (AvgIpc) is 2.39. The third kappa shape index (κ3) is 0.883. The van der Waals surface area contributed by atoms with Crippen LogP contribution in [0.25, 0.3) is 0 Å². The van der Waals surface area contributed by atoms with Gasteiger partial charge in [-0.3, -0.25) is 4.79 Å². The van der Waals surface area contributed by atoms with Crippen molar-refractivity contribution in [3.8, 4) is 0 Å². The Morgan fingerprint density at radius 1 is 1.55 bits per heavy atom. The fourth-order valence-corrected chi connectivity index (χ4v) is 2.17. The maximum Gasteiger partial charge on any atom is 0.309 e. The van der Waals surface area contributed by atoms with Crippen LogP contribution >= 0.6 is 0 Å². The van der Waals surface area contributed by atoms with E-state index >= 15 is 0 Å². The quantitative estimate of drug-likeness (QED) is 0.659. The van der Waals surface area contributed by atoms with Crippen LogP contribution in [0.4, 0.5) is 0 Å². The van der Waals surface area contributed by atoms with E-state index in [0.717, 1.165) is 12.3 Å². The summed E-state index contributed by atoms with van der Waals surface area (Å²) in [5.41, 5.74) is -0.342. The van der Waals surface area contributed by atoms with Crippen molar-refractivity contribution in [1.29, 1.82) is 0 Å². The Hall–Kier alpha value is -0.530. The van der Waals surface area contributed by atoms with Crippen LogP contribution in [0.1, 0.15) is 32.6 Å². The highest BCUT2D eigenvalue weighted by molar-refractivity contribution is 5.78. The van der Waals surface area contributed by atoms with Gasteiger partial charge in [0.15, 0.2) is 0 Å². The number of hydrogen-bond acceptors (Lipinski definition) is 1. The lowest BCUT2D eigenvalue weighted by Crippen LogP contribution is -2.21. The fourth-order valence-electron chi connectivity index (χ4n) is 2.17. The van der Waals surface area contributed by atoms with Gasteiger partial charge in [0.1, 0.15) is 0 Å². The highest BCUT2D eigenvalue weighted by Gasteiger charge is 2.59. The van der Waals surface area contributed by atoms with Crippen molar-refractivity contribution < 1.29 is 9.90 Å². The van der Waals surface area contributed by atoms with Crippen LogP contribution in [-0.4, -0.2) is 11.1 Å². The van der Waals surface area contributed by atoms with Gasteiger partial charge in [0.25, 0.3) is 0 Å². The largest absolute Gasteiger partial charge is 0.481 e. The van der Waals surface area contributed by atoms with E-state index in [4.69, 9.17) is 5.11 Å². The maximum atomic E-state index is 10.7. The number of carboxylic acids is 1. The molecular formula is C9H14O2. The van der Waals surface area contributed by atoms with Crippen LogP contribution in [0.3, 0.4) is 0 Å². The summed E-state index contributed by atoms with van der Waals surface area (Å²) in [6.07, 6.45) is 4.78. The van der Waals surface area contributed by atoms with Crippen LogP contribution in [0.5, 0.6) is 0 Å². The Bertz CT molecular complexity index is 196. The van der Waals surface area contributed by atoms with Gasteiger partial charge in [0.2, 0.25) is 0 Å². The molecule has 0 radical (unpaired) electrons. The second kappa shape index (κ2) is 1.99. The number of aliphatic carboxylic acids is 1. The number of hydrogen-bond donors (Lipinski definition) is 1. The first-order valence-corrected chi connectivity index (χ1v) is 4.38. The molecule has 2 unspecified atom stereocenters. The molecule has 0 aromatic heterocycles. The van der Waals surface area contributed by atoms with Crippen LogP contribution in [0.15, 0.2) is 0 Å². The standard InChI is InChI=1S/C9H14O2/c1-9(8(10)11)5-7(9)6-3-2-4-6/h6-7H,2-5H2,1H3,(H,10,11). The summed E-state index contributed by atoms with van der Waals surface area (Å²) < 4.78 is 0. The smallest absolute Gasteiger partial charge is 0.309 e. The second-order valence-corrected chi connectivity index (χ2v) is 4.22. The van der Waals surface area contributed by atoms with Crippen LogP contribution in [0, 0.1) is 17.3 Å². The van der Waals surface area contributed by atoms with Crippen LogP contribution < -0.4 is 0 Å². The van der Waals surface area contributed by atoms with E-state index in [0.29, 0.717) is 5.92 Å². The van der Waals surface area contributed by atoms with Gasteiger partial charge >= 0.3 is 5.97 Å². The molecule has 0 bridgehead atoms. The van der Waals surface area contributed by atoms with E-state index in [1.54, 1.807) is 0 Å². The lowest BCUT2D eigenvalue weighted by molar-refractivity contribution is -0.143. The SMILES string of the molecule is CC1(C(=O)O)CC1C1CCC1. The van der Waals surface area contributed by atoms with E-state index in [9.17, 15) is 4.79 Å². The lowest BCUT2D eigenvalue weighted by atomic mass is 9.79. The molecule has 0 aromatic rings. The molecule has 2 nitrogen and oxygen atoms in total. The van der Waals surface area contributed by atoms with Gasteiger partial charge in [-0.05, 0) is 25.2 Å². The van der Waals surface area contributed by atoms with E-state index in [1.165, 1.54) is 19.3 Å². The van der Waals surface area contributed by atoms with Crippen molar-refractivity contribution >= 4 is 5.97 Å². The summed E-state index contributed by atoms with van der Waals surface area (Å²) in [5.74, 6) is 0.666. The number of carboxylic acid groups (broad SMARTS) is 1. The van der Waals surface area contributed by atoms with E-state index in [2.05, 4.69) is 0 Å². The predicted molar refractivity (Wildman–Crippen MR) is 41.2 cm³/mol. The Labute approximate surface area is 66.6 Å². The zero-order chi connectivity index (χ0) is 8.06. The molecule has 0 saturated heterocycles. The van der Waals surface area contributed by atoms with Crippen molar-refractivity contribution in [2.75, 3.05) is 0 Å². The summed E-state index contributed by atoms with van der Waals surface area (Å²) in [5, 5.41) is 8.85. The Morgan fingerprint density at radius 3 is 2.45 bits per heavy atom. The van der Waals surface area contributed by atoms with Crippen molar-refractivity contribution in [3.63, 3.8) is 0 Å². The van der Waals surface area contributed by atoms with Crippen molar-refractivity contribution in [2.24, 2.45) is 17.3 Å². The first-order chi connectivity index (χ1) is 5.14. The molecule has 0 aromatic carbocycles. The highest BCUT2D eigenvalue weighted by Crippen LogP contribution is 2.60. The van der Waals surface area contributed by atoms with Crippen molar-refractivity contribution in [3.05, 3.63) is 0 Å². The normalized spacial score (nSPS) is 43.2. The molecule has 1 N–H and O–H groups in total. The zero-order valence-electron chi connectivity index (χ0n) is 6.84. The van der Waals surface area contributed by atoms with Crippen LogP contribution in [0.2, 0.25) is 0 Å². The minimum absolute atomic E-state index is 0.342. The van der Waals surface area contributed by atoms with Crippen molar-refractivity contribution in [2.45, 2.75) is 32.6 Å². The Balaban J connectivity index is 1.97.